The number of ether oxygens (including phenoxy) is 3. The molecule has 0 amide bonds. The molecule has 1 atom stereocenters. The van der Waals surface area contributed by atoms with E-state index in [1.165, 1.54) is 11.3 Å². The van der Waals surface area contributed by atoms with E-state index in [1.807, 2.05) is 48.5 Å². The van der Waals surface area contributed by atoms with E-state index in [0.717, 1.165) is 45.5 Å². The lowest BCUT2D eigenvalue weighted by Gasteiger charge is -2.38. The van der Waals surface area contributed by atoms with Gasteiger partial charge in [-0.3, -0.25) is 21.3 Å². The van der Waals surface area contributed by atoms with Crippen LogP contribution < -0.4 is 15.3 Å². The lowest BCUT2D eigenvalue weighted by Crippen LogP contribution is -2.49. The highest BCUT2D eigenvalue weighted by Crippen LogP contribution is 2.48. The molecule has 0 spiro atoms. The molecule has 6 rings (SSSR count). The fourth-order valence-corrected chi connectivity index (χ4v) is 6.45. The number of para-hydroxylation sites is 1. The van der Waals surface area contributed by atoms with Crippen molar-refractivity contribution in [3.63, 3.8) is 0 Å². The van der Waals surface area contributed by atoms with E-state index in [4.69, 9.17) is 30.0 Å². The van der Waals surface area contributed by atoms with Crippen LogP contribution in [0.1, 0.15) is 41.1 Å². The zero-order chi connectivity index (χ0) is 27.7. The van der Waals surface area contributed by atoms with Gasteiger partial charge in [-0.25, -0.2) is 15.0 Å². The number of hydrogen-bond donors (Lipinski definition) is 4. The molecule has 11 nitrogen and oxygen atoms in total. The molecule has 1 aliphatic carbocycles. The van der Waals surface area contributed by atoms with Crippen molar-refractivity contribution in [3.8, 4) is 0 Å². The first-order chi connectivity index (χ1) is 19.5. The van der Waals surface area contributed by atoms with Crippen molar-refractivity contribution in [2.24, 2.45) is 4.99 Å². The Morgan fingerprint density at radius 3 is 2.52 bits per heavy atom. The monoisotopic (exact) mass is 561 g/mol. The molecule has 2 fully saturated rings. The summed E-state index contributed by atoms with van der Waals surface area (Å²) in [5.74, 6) is -0.264. The Labute approximate surface area is 236 Å². The molecule has 1 saturated carbocycles. The molecular weight excluding hydrogens is 530 g/mol. The fraction of sp³-hybridized carbons (Fsp3) is 0.357. The molecule has 208 valence electrons. The number of nitrogens with one attached hydrogen (secondary N) is 3. The maximum absolute atomic E-state index is 11.0. The third-order valence-electron chi connectivity index (χ3n) is 7.46. The molecule has 0 radical (unpaired) electrons. The topological polar surface area (TPSA) is 139 Å². The molecule has 1 unspecified atom stereocenters. The fourth-order valence-electron chi connectivity index (χ4n) is 5.11. The van der Waals surface area contributed by atoms with Gasteiger partial charge in [0.1, 0.15) is 15.6 Å². The first-order valence-corrected chi connectivity index (χ1v) is 14.0. The van der Waals surface area contributed by atoms with Crippen molar-refractivity contribution in [1.29, 1.82) is 10.8 Å². The number of morpholine rings is 1. The third-order valence-corrected chi connectivity index (χ3v) is 8.77. The smallest absolute Gasteiger partial charge is 0.291 e. The number of methoxy groups -OCH3 is 1. The Morgan fingerprint density at radius 1 is 1.10 bits per heavy atom. The summed E-state index contributed by atoms with van der Waals surface area (Å²) < 4.78 is 17.0. The number of aromatic nitrogens is 1. The summed E-state index contributed by atoms with van der Waals surface area (Å²) in [7, 11) is 1.70. The van der Waals surface area contributed by atoms with Crippen molar-refractivity contribution < 1.29 is 19.4 Å². The van der Waals surface area contributed by atoms with Gasteiger partial charge in [-0.05, 0) is 25.3 Å². The molecule has 3 aliphatic rings. The van der Waals surface area contributed by atoms with Crippen LogP contribution in [0.4, 0.5) is 10.7 Å². The molecule has 2 aliphatic heterocycles. The Kier molecular flexibility index (Phi) is 7.24. The van der Waals surface area contributed by atoms with Crippen LogP contribution in [0.15, 0.2) is 59.6 Å². The van der Waals surface area contributed by atoms with Gasteiger partial charge in [-0.15, -0.1) is 0 Å². The number of amidine groups is 1. The summed E-state index contributed by atoms with van der Waals surface area (Å²) in [4.78, 5) is 11.6. The van der Waals surface area contributed by atoms with Crippen molar-refractivity contribution in [1.82, 2.24) is 10.3 Å². The highest BCUT2D eigenvalue weighted by molar-refractivity contribution is 7.16. The molecular formula is C28H31N7O4S. The number of hydrogen-bond acceptors (Lipinski definition) is 11. The van der Waals surface area contributed by atoms with Crippen LogP contribution in [0, 0.1) is 10.8 Å². The van der Waals surface area contributed by atoms with Gasteiger partial charge < -0.3 is 19.1 Å². The van der Waals surface area contributed by atoms with Crippen molar-refractivity contribution in [3.05, 3.63) is 76.4 Å². The summed E-state index contributed by atoms with van der Waals surface area (Å²) in [6.07, 6.45) is 1.77. The van der Waals surface area contributed by atoms with E-state index < -0.39 is 17.9 Å². The molecule has 12 heteroatoms. The Balaban J connectivity index is 1.24. The number of benzene rings is 2. The number of fused-ring (bicyclic) bond motifs is 1. The van der Waals surface area contributed by atoms with E-state index in [9.17, 15) is 5.21 Å². The van der Waals surface area contributed by atoms with Crippen LogP contribution in [0.25, 0.3) is 0 Å². The van der Waals surface area contributed by atoms with Gasteiger partial charge in [0.15, 0.2) is 5.69 Å². The van der Waals surface area contributed by atoms with Crippen LogP contribution in [-0.2, 0) is 19.8 Å². The zero-order valence-corrected chi connectivity index (χ0v) is 22.9. The maximum atomic E-state index is 11.0. The van der Waals surface area contributed by atoms with E-state index in [2.05, 4.69) is 15.2 Å². The summed E-state index contributed by atoms with van der Waals surface area (Å²) in [5.41, 5.74) is 2.78. The SMILES string of the molecule is COC1(c2nc(C(=N)OC(=N)NC3N=C(c4ccccc4)c4ccccc4N3O)c(N3CCOCC3)s2)CCC1. The lowest BCUT2D eigenvalue weighted by atomic mass is 9.80. The number of aliphatic imine (C=N–C) groups is 1. The zero-order valence-electron chi connectivity index (χ0n) is 22.1. The van der Waals surface area contributed by atoms with Crippen molar-refractivity contribution in [2.45, 2.75) is 31.2 Å². The number of hydroxylamine groups is 1. The number of nitrogens with zero attached hydrogens (tertiary/aromatic N) is 4. The summed E-state index contributed by atoms with van der Waals surface area (Å²) >= 11 is 1.51. The molecule has 3 heterocycles. The predicted octanol–water partition coefficient (Wildman–Crippen LogP) is 3.90. The van der Waals surface area contributed by atoms with Crippen LogP contribution in [0.2, 0.25) is 0 Å². The van der Waals surface area contributed by atoms with Crippen molar-refractivity contribution in [2.75, 3.05) is 43.4 Å². The molecule has 0 bridgehead atoms. The number of anilines is 2. The van der Waals surface area contributed by atoms with E-state index in [-0.39, 0.29) is 5.90 Å². The first-order valence-electron chi connectivity index (χ1n) is 13.2. The lowest BCUT2D eigenvalue weighted by molar-refractivity contribution is -0.0779. The molecule has 4 N–H and O–H groups in total. The van der Waals surface area contributed by atoms with Gasteiger partial charge in [-0.2, -0.15) is 0 Å². The first kappa shape index (κ1) is 26.4. The van der Waals surface area contributed by atoms with E-state index in [1.54, 1.807) is 13.2 Å². The molecule has 40 heavy (non-hydrogen) atoms. The van der Waals surface area contributed by atoms with Crippen LogP contribution in [0.3, 0.4) is 0 Å². The second kappa shape index (κ2) is 11.0. The normalized spacial score (nSPS) is 19.8. The Hall–Kier alpha value is -3.84. The molecule has 2 aromatic carbocycles. The highest BCUT2D eigenvalue weighted by atomic mass is 32.1. The average Bonchev–Trinajstić information content (AvgIpc) is 3.41. The second-order valence-corrected chi connectivity index (χ2v) is 10.8. The number of rotatable bonds is 6. The largest absolute Gasteiger partial charge is 0.405 e. The van der Waals surface area contributed by atoms with Gasteiger partial charge in [0.2, 0.25) is 12.2 Å². The highest BCUT2D eigenvalue weighted by Gasteiger charge is 2.43. The van der Waals surface area contributed by atoms with Crippen molar-refractivity contribution >= 4 is 39.7 Å². The molecule has 1 saturated heterocycles. The summed E-state index contributed by atoms with van der Waals surface area (Å²) in [5, 5.41) is 33.6. The Bertz CT molecular complexity index is 1430. The van der Waals surface area contributed by atoms with Crippen LogP contribution >= 0.6 is 11.3 Å². The van der Waals surface area contributed by atoms with Gasteiger partial charge in [-0.1, -0.05) is 59.9 Å². The van der Waals surface area contributed by atoms with Gasteiger partial charge in [0, 0.05) is 31.3 Å². The predicted molar refractivity (Wildman–Crippen MR) is 153 cm³/mol. The second-order valence-electron chi connectivity index (χ2n) is 9.81. The van der Waals surface area contributed by atoms with E-state index in [0.29, 0.717) is 43.4 Å². The van der Waals surface area contributed by atoms with Gasteiger partial charge in [0.05, 0.1) is 24.6 Å². The third kappa shape index (κ3) is 4.83. The molecule has 3 aromatic rings. The van der Waals surface area contributed by atoms with Gasteiger partial charge >= 0.3 is 0 Å². The maximum Gasteiger partial charge on any atom is 0.291 e. The quantitative estimate of drug-likeness (QED) is 0.263. The summed E-state index contributed by atoms with van der Waals surface area (Å²) in [6.45, 7) is 2.53. The van der Waals surface area contributed by atoms with Crippen LogP contribution in [-0.4, -0.2) is 67.5 Å². The molecule has 1 aromatic heterocycles. The minimum Gasteiger partial charge on any atom is -0.405 e. The summed E-state index contributed by atoms with van der Waals surface area (Å²) in [6, 6.07) is 16.6. The minimum absolute atomic E-state index is 0.264. The average molecular weight is 562 g/mol. The Morgan fingerprint density at radius 2 is 1.82 bits per heavy atom. The van der Waals surface area contributed by atoms with E-state index >= 15 is 0 Å². The van der Waals surface area contributed by atoms with Crippen LogP contribution in [0.5, 0.6) is 0 Å². The minimum atomic E-state index is -1.04. The van der Waals surface area contributed by atoms with Gasteiger partial charge in [0.25, 0.3) is 6.02 Å². The number of thiazole rings is 1. The standard InChI is InChI=1S/C28H31N7O4S/c1-37-28(12-7-13-28)25-31-22(24(40-25)34-14-16-38-17-15-34)23(29)39-26(30)33-27-32-21(18-8-3-2-4-9-18)19-10-5-6-11-20(19)35(27)36/h2-6,8-11,27,29,36H,7,12-17H2,1H3,(H2,30,33).